The first-order valence-electron chi connectivity index (χ1n) is 7.03. The molecule has 22 heavy (non-hydrogen) atoms. The van der Waals surface area contributed by atoms with Crippen LogP contribution in [0.3, 0.4) is 0 Å². The Morgan fingerprint density at radius 3 is 2.77 bits per heavy atom. The number of ether oxygens (including phenoxy) is 1. The van der Waals surface area contributed by atoms with Crippen LogP contribution in [-0.2, 0) is 24.3 Å². The van der Waals surface area contributed by atoms with Gasteiger partial charge in [-0.05, 0) is 23.6 Å². The highest BCUT2D eigenvalue weighted by molar-refractivity contribution is 5.86. The van der Waals surface area contributed by atoms with E-state index >= 15 is 0 Å². The number of H-pyrrole nitrogens is 1. The molecule has 0 atom stereocenters. The number of aromatic amines is 1. The third-order valence-corrected chi connectivity index (χ3v) is 3.69. The number of carbonyl (C=O) groups is 2. The number of hydrogen-bond donors (Lipinski definition) is 2. The summed E-state index contributed by atoms with van der Waals surface area (Å²) in [5, 5.41) is 8.98. The molecule has 2 heterocycles. The minimum Gasteiger partial charge on any atom is -0.477 e. The predicted molar refractivity (Wildman–Crippen MR) is 78.5 cm³/mol. The zero-order chi connectivity index (χ0) is 15.5. The van der Waals surface area contributed by atoms with Gasteiger partial charge in [-0.2, -0.15) is 0 Å². The molecule has 114 valence electrons. The van der Waals surface area contributed by atoms with Crippen LogP contribution < -0.4 is 0 Å². The van der Waals surface area contributed by atoms with Gasteiger partial charge in [0.1, 0.15) is 12.3 Å². The number of nitrogens with zero attached hydrogens (tertiary/aromatic N) is 1. The molecule has 3 rings (SSSR count). The zero-order valence-electron chi connectivity index (χ0n) is 11.9. The Morgan fingerprint density at radius 1 is 1.27 bits per heavy atom. The van der Waals surface area contributed by atoms with E-state index in [-0.39, 0.29) is 18.4 Å². The minimum atomic E-state index is -0.993. The van der Waals surface area contributed by atoms with Crippen molar-refractivity contribution in [1.29, 1.82) is 0 Å². The Bertz CT molecular complexity index is 693. The average Bonchev–Trinajstić information content (AvgIpc) is 2.97. The summed E-state index contributed by atoms with van der Waals surface area (Å²) < 4.78 is 5.29. The topological polar surface area (TPSA) is 82.6 Å². The second-order valence-electron chi connectivity index (χ2n) is 5.20. The summed E-state index contributed by atoms with van der Waals surface area (Å²) in [4.78, 5) is 27.5. The van der Waals surface area contributed by atoms with Crippen LogP contribution in [0.4, 0.5) is 4.79 Å². The van der Waals surface area contributed by atoms with Gasteiger partial charge >= 0.3 is 12.1 Å². The van der Waals surface area contributed by atoms with Crippen molar-refractivity contribution in [1.82, 2.24) is 9.88 Å². The predicted octanol–water partition coefficient (Wildman–Crippen LogP) is 2.41. The number of benzene rings is 1. The quantitative estimate of drug-likeness (QED) is 0.912. The Labute approximate surface area is 127 Å². The fourth-order valence-corrected chi connectivity index (χ4v) is 2.51. The molecular formula is C16H16N2O4. The van der Waals surface area contributed by atoms with Crippen molar-refractivity contribution in [2.75, 3.05) is 6.54 Å². The molecule has 0 saturated carbocycles. The summed E-state index contributed by atoms with van der Waals surface area (Å²) in [7, 11) is 0. The van der Waals surface area contributed by atoms with Crippen molar-refractivity contribution in [2.24, 2.45) is 0 Å². The monoisotopic (exact) mass is 300 g/mol. The van der Waals surface area contributed by atoms with Crippen molar-refractivity contribution in [3.63, 3.8) is 0 Å². The van der Waals surface area contributed by atoms with Crippen LogP contribution in [0.15, 0.2) is 36.4 Å². The standard InChI is InChI=1S/C16H16N2O4/c19-15(20)13-8-12-6-7-18(9-14(12)17-13)16(21)22-10-11-4-2-1-3-5-11/h1-5,8,17H,6-7,9-10H2,(H,19,20). The first kappa shape index (κ1) is 14.2. The highest BCUT2D eigenvalue weighted by Gasteiger charge is 2.24. The summed E-state index contributed by atoms with van der Waals surface area (Å²) in [6, 6.07) is 11.1. The number of carboxylic acid groups (broad SMARTS) is 1. The lowest BCUT2D eigenvalue weighted by Gasteiger charge is -2.26. The average molecular weight is 300 g/mol. The Hall–Kier alpha value is -2.76. The molecular weight excluding hydrogens is 284 g/mol. The van der Waals surface area contributed by atoms with E-state index in [0.29, 0.717) is 19.5 Å². The lowest BCUT2D eigenvalue weighted by molar-refractivity contribution is 0.0691. The molecule has 1 aromatic heterocycles. The van der Waals surface area contributed by atoms with Crippen LogP contribution in [0.5, 0.6) is 0 Å². The first-order valence-corrected chi connectivity index (χ1v) is 7.03. The van der Waals surface area contributed by atoms with Crippen LogP contribution >= 0.6 is 0 Å². The van der Waals surface area contributed by atoms with Gasteiger partial charge in [-0.25, -0.2) is 9.59 Å². The van der Waals surface area contributed by atoms with E-state index in [4.69, 9.17) is 9.84 Å². The fraction of sp³-hybridized carbons (Fsp3) is 0.250. The first-order chi connectivity index (χ1) is 10.6. The van der Waals surface area contributed by atoms with Gasteiger partial charge < -0.3 is 19.7 Å². The summed E-state index contributed by atoms with van der Waals surface area (Å²) >= 11 is 0. The van der Waals surface area contributed by atoms with Crippen LogP contribution in [0, 0.1) is 0 Å². The van der Waals surface area contributed by atoms with Crippen LogP contribution in [0.1, 0.15) is 27.3 Å². The number of carbonyl (C=O) groups excluding carboxylic acids is 1. The van der Waals surface area contributed by atoms with Gasteiger partial charge in [0.2, 0.25) is 0 Å². The number of amides is 1. The van der Waals surface area contributed by atoms with Gasteiger partial charge in [-0.15, -0.1) is 0 Å². The number of aromatic carboxylic acids is 1. The molecule has 6 heteroatoms. The van der Waals surface area contributed by atoms with E-state index in [1.165, 1.54) is 0 Å². The number of aromatic nitrogens is 1. The Kier molecular flexibility index (Phi) is 3.82. The normalized spacial score (nSPS) is 13.5. The van der Waals surface area contributed by atoms with Crippen molar-refractivity contribution >= 4 is 12.1 Å². The van der Waals surface area contributed by atoms with E-state index in [2.05, 4.69) is 4.98 Å². The van der Waals surface area contributed by atoms with E-state index in [1.807, 2.05) is 30.3 Å². The van der Waals surface area contributed by atoms with E-state index in [9.17, 15) is 9.59 Å². The lowest BCUT2D eigenvalue weighted by atomic mass is 10.1. The second-order valence-corrected chi connectivity index (χ2v) is 5.20. The van der Waals surface area contributed by atoms with Gasteiger partial charge in [0.15, 0.2) is 0 Å². The second kappa shape index (κ2) is 5.93. The molecule has 1 amide bonds. The molecule has 2 N–H and O–H groups in total. The summed E-state index contributed by atoms with van der Waals surface area (Å²) in [5.41, 5.74) is 2.80. The van der Waals surface area contributed by atoms with Crippen molar-refractivity contribution in [2.45, 2.75) is 19.6 Å². The molecule has 2 aromatic rings. The number of carboxylic acids is 1. The Balaban J connectivity index is 1.61. The molecule has 0 aliphatic carbocycles. The van der Waals surface area contributed by atoms with Crippen LogP contribution in [0.2, 0.25) is 0 Å². The minimum absolute atomic E-state index is 0.157. The molecule has 0 spiro atoms. The van der Waals surface area contributed by atoms with Gasteiger partial charge in [0, 0.05) is 12.2 Å². The fourth-order valence-electron chi connectivity index (χ4n) is 2.51. The highest BCUT2D eigenvalue weighted by atomic mass is 16.6. The molecule has 6 nitrogen and oxygen atoms in total. The van der Waals surface area contributed by atoms with Crippen molar-refractivity contribution < 1.29 is 19.4 Å². The molecule has 1 aliphatic heterocycles. The van der Waals surface area contributed by atoms with E-state index < -0.39 is 5.97 Å². The molecule has 0 radical (unpaired) electrons. The lowest BCUT2D eigenvalue weighted by Crippen LogP contribution is -2.36. The summed E-state index contributed by atoms with van der Waals surface area (Å²) in [6.07, 6.45) is 0.237. The van der Waals surface area contributed by atoms with Crippen LogP contribution in [0.25, 0.3) is 0 Å². The summed E-state index contributed by atoms with van der Waals surface area (Å²) in [6.45, 7) is 1.10. The number of rotatable bonds is 3. The largest absolute Gasteiger partial charge is 0.477 e. The van der Waals surface area contributed by atoms with Crippen molar-refractivity contribution in [3.05, 3.63) is 58.9 Å². The third-order valence-electron chi connectivity index (χ3n) is 3.69. The highest BCUT2D eigenvalue weighted by Crippen LogP contribution is 2.20. The third kappa shape index (κ3) is 2.95. The maximum atomic E-state index is 12.1. The maximum Gasteiger partial charge on any atom is 0.410 e. The van der Waals surface area contributed by atoms with Gasteiger partial charge in [0.05, 0.1) is 6.54 Å². The smallest absolute Gasteiger partial charge is 0.410 e. The number of fused-ring (bicyclic) bond motifs is 1. The Morgan fingerprint density at radius 2 is 2.05 bits per heavy atom. The van der Waals surface area contributed by atoms with Crippen molar-refractivity contribution in [3.8, 4) is 0 Å². The zero-order valence-corrected chi connectivity index (χ0v) is 11.9. The molecule has 0 saturated heterocycles. The summed E-state index contributed by atoms with van der Waals surface area (Å²) in [5.74, 6) is -0.993. The van der Waals surface area contributed by atoms with E-state index in [1.54, 1.807) is 11.0 Å². The molecule has 0 fully saturated rings. The van der Waals surface area contributed by atoms with E-state index in [0.717, 1.165) is 16.8 Å². The maximum absolute atomic E-state index is 12.1. The van der Waals surface area contributed by atoms with Gasteiger partial charge in [0.25, 0.3) is 0 Å². The molecule has 0 bridgehead atoms. The molecule has 0 unspecified atom stereocenters. The number of nitrogens with one attached hydrogen (secondary N) is 1. The molecule has 1 aromatic carbocycles. The van der Waals surface area contributed by atoms with Crippen LogP contribution in [-0.4, -0.2) is 33.6 Å². The number of hydrogen-bond acceptors (Lipinski definition) is 3. The van der Waals surface area contributed by atoms with Gasteiger partial charge in [-0.3, -0.25) is 0 Å². The molecule has 1 aliphatic rings. The van der Waals surface area contributed by atoms with Gasteiger partial charge in [-0.1, -0.05) is 30.3 Å². The SMILES string of the molecule is O=C(O)c1cc2c([nH]1)CN(C(=O)OCc1ccccc1)CC2.